The van der Waals surface area contributed by atoms with Crippen LogP contribution in [0.2, 0.25) is 0 Å². The van der Waals surface area contributed by atoms with Crippen molar-refractivity contribution in [3.05, 3.63) is 77.4 Å². The molecule has 0 radical (unpaired) electrons. The summed E-state index contributed by atoms with van der Waals surface area (Å²) in [4.78, 5) is 29.7. The normalized spacial score (nSPS) is 23.7. The molecule has 0 aromatic heterocycles. The minimum atomic E-state index is -3.75. The van der Waals surface area contributed by atoms with Gasteiger partial charge in [-0.25, -0.2) is 13.2 Å². The quantitative estimate of drug-likeness (QED) is 0.269. The molecule has 2 aromatic rings. The van der Waals surface area contributed by atoms with Gasteiger partial charge in [0.05, 0.1) is 50.3 Å². The number of hydrogen-bond acceptors (Lipinski definition) is 8. The van der Waals surface area contributed by atoms with E-state index in [2.05, 4.69) is 5.32 Å². The molecule has 2 aliphatic rings. The van der Waals surface area contributed by atoms with Crippen LogP contribution in [0.3, 0.4) is 0 Å². The summed E-state index contributed by atoms with van der Waals surface area (Å²) in [6.45, 7) is 7.49. The van der Waals surface area contributed by atoms with Gasteiger partial charge in [-0.1, -0.05) is 68.3 Å². The summed E-state index contributed by atoms with van der Waals surface area (Å²) in [5.74, 6) is 0.0381. The van der Waals surface area contributed by atoms with Gasteiger partial charge in [0.2, 0.25) is 15.9 Å². The largest absolute Gasteiger partial charge is 0.497 e. The monoisotopic (exact) mass is 713 g/mol. The van der Waals surface area contributed by atoms with Crippen molar-refractivity contribution < 1.29 is 37.3 Å². The van der Waals surface area contributed by atoms with Crippen LogP contribution in [0.4, 0.5) is 4.79 Å². The molecule has 1 heterocycles. The molecular formula is C38H55N3O8S. The van der Waals surface area contributed by atoms with Crippen LogP contribution < -0.4 is 10.1 Å². The summed E-state index contributed by atoms with van der Waals surface area (Å²) in [6, 6.07) is 12.6. The van der Waals surface area contributed by atoms with Gasteiger partial charge in [-0.3, -0.25) is 9.69 Å². The molecule has 11 nitrogen and oxygen atoms in total. The van der Waals surface area contributed by atoms with Crippen molar-refractivity contribution in [2.45, 2.75) is 109 Å². The highest BCUT2D eigenvalue weighted by Gasteiger charge is 2.43. The molecule has 50 heavy (non-hydrogen) atoms. The lowest BCUT2D eigenvalue weighted by Crippen LogP contribution is -2.56. The minimum absolute atomic E-state index is 0.0609. The van der Waals surface area contributed by atoms with Crippen molar-refractivity contribution >= 4 is 22.0 Å². The van der Waals surface area contributed by atoms with Crippen molar-refractivity contribution in [1.82, 2.24) is 14.5 Å². The van der Waals surface area contributed by atoms with Crippen LogP contribution >= 0.6 is 0 Å². The zero-order valence-electron chi connectivity index (χ0n) is 30.3. The first-order chi connectivity index (χ1) is 23.7. The van der Waals surface area contributed by atoms with E-state index in [1.807, 2.05) is 67.6 Å². The highest BCUT2D eigenvalue weighted by molar-refractivity contribution is 7.89. The maximum Gasteiger partial charge on any atom is 0.410 e. The van der Waals surface area contributed by atoms with Crippen LogP contribution in [0.5, 0.6) is 5.75 Å². The molecule has 276 valence electrons. The average Bonchev–Trinajstić information content (AvgIpc) is 3.42. The number of nitrogens with one attached hydrogen (secondary N) is 1. The minimum Gasteiger partial charge on any atom is -0.497 e. The summed E-state index contributed by atoms with van der Waals surface area (Å²) < 4.78 is 45.8. The van der Waals surface area contributed by atoms with E-state index in [1.54, 1.807) is 27.9 Å². The number of unbranched alkanes of at least 4 members (excludes halogenated alkanes) is 2. The first kappa shape index (κ1) is 39.3. The number of rotatable bonds is 9. The Balaban J connectivity index is 1.77. The SMILES string of the molecule is CCCCCS(=O)(=O)N(C)[C@H]1CC=CCCO[C@H]2Cc3ccc(OC)cc3[C@@H]2N(C(=O)OC(C)(C)C)C[C@@H](O)[C@H](Cc2ccccc2)NC1=O. The number of ether oxygens (including phenoxy) is 3. The van der Waals surface area contributed by atoms with E-state index in [0.717, 1.165) is 33.8 Å². The van der Waals surface area contributed by atoms with Crippen molar-refractivity contribution in [1.29, 1.82) is 0 Å². The summed E-state index contributed by atoms with van der Waals surface area (Å²) in [7, 11) is -0.724. The maximum absolute atomic E-state index is 14.1. The Morgan fingerprint density at radius 3 is 2.54 bits per heavy atom. The maximum atomic E-state index is 14.1. The number of fused-ring (bicyclic) bond motifs is 3. The lowest BCUT2D eigenvalue weighted by molar-refractivity contribution is -0.126. The molecule has 12 heteroatoms. The van der Waals surface area contributed by atoms with E-state index in [9.17, 15) is 23.1 Å². The second-order valence-electron chi connectivity index (χ2n) is 14.2. The van der Waals surface area contributed by atoms with Crippen LogP contribution in [0.25, 0.3) is 0 Å². The Bertz CT molecular complexity index is 1560. The molecule has 1 aliphatic carbocycles. The van der Waals surface area contributed by atoms with Crippen LogP contribution in [0, 0.1) is 0 Å². The summed E-state index contributed by atoms with van der Waals surface area (Å²) in [5.41, 5.74) is 1.87. The Morgan fingerprint density at radius 2 is 1.86 bits per heavy atom. The van der Waals surface area contributed by atoms with Gasteiger partial charge in [0.1, 0.15) is 17.4 Å². The summed E-state index contributed by atoms with van der Waals surface area (Å²) in [6.07, 6.45) is 4.92. The third-order valence-corrected chi connectivity index (χ3v) is 11.1. The number of amides is 2. The lowest BCUT2D eigenvalue weighted by atomic mass is 9.98. The second-order valence-corrected chi connectivity index (χ2v) is 16.3. The van der Waals surface area contributed by atoms with Gasteiger partial charge in [0.25, 0.3) is 0 Å². The van der Waals surface area contributed by atoms with Gasteiger partial charge < -0.3 is 24.6 Å². The Labute approximate surface area is 298 Å². The third kappa shape index (κ3) is 10.5. The molecule has 0 fully saturated rings. The van der Waals surface area contributed by atoms with Crippen molar-refractivity contribution in [3.8, 4) is 5.75 Å². The number of carbonyl (C=O) groups is 2. The Morgan fingerprint density at radius 1 is 1.12 bits per heavy atom. The van der Waals surface area contributed by atoms with Crippen LogP contribution in [0.15, 0.2) is 60.7 Å². The standard InChI is InChI=1S/C38H55N3O8S/c1-7-8-15-22-50(45,46)40(5)32-18-13-10-14-21-48-34-24-28-19-20-29(47-6)25-30(28)35(34)41(37(44)49-38(2,3)4)26-33(42)31(39-36(32)43)23-27-16-11-9-12-17-27/h9-13,16-17,19-20,25,31-35,42H,7-8,14-15,18,21-24,26H2,1-6H3,(H,39,43)/t31-,32-,33+,34-,35-/m0/s1. The average molecular weight is 714 g/mol. The smallest absolute Gasteiger partial charge is 0.410 e. The van der Waals surface area contributed by atoms with Crippen molar-refractivity contribution in [3.63, 3.8) is 0 Å². The van der Waals surface area contributed by atoms with E-state index in [1.165, 1.54) is 11.9 Å². The molecule has 5 atom stereocenters. The number of nitrogens with zero attached hydrogens (tertiary/aromatic N) is 2. The predicted molar refractivity (Wildman–Crippen MR) is 193 cm³/mol. The zero-order valence-corrected chi connectivity index (χ0v) is 31.2. The molecule has 2 amide bonds. The number of aliphatic hydroxyl groups excluding tert-OH is 1. The second kappa shape index (κ2) is 17.7. The molecule has 1 aliphatic heterocycles. The number of β-amino-alcohol motifs (C(OH)–C–C–N with tert-alkyl or cyclic N) is 1. The van der Waals surface area contributed by atoms with Gasteiger partial charge >= 0.3 is 6.09 Å². The highest BCUT2D eigenvalue weighted by Crippen LogP contribution is 2.41. The van der Waals surface area contributed by atoms with Crippen molar-refractivity contribution in [2.75, 3.05) is 33.1 Å². The first-order valence-electron chi connectivity index (χ1n) is 17.6. The van der Waals surface area contributed by atoms with Crippen LogP contribution in [0.1, 0.15) is 82.5 Å². The fourth-order valence-electron chi connectivity index (χ4n) is 6.51. The summed E-state index contributed by atoms with van der Waals surface area (Å²) >= 11 is 0. The molecule has 0 spiro atoms. The number of sulfonamides is 1. The number of aliphatic hydroxyl groups is 1. The van der Waals surface area contributed by atoms with Crippen LogP contribution in [-0.4, -0.2) is 97.7 Å². The predicted octanol–water partition coefficient (Wildman–Crippen LogP) is 5.17. The Hall–Kier alpha value is -3.45. The number of carbonyl (C=O) groups excluding carboxylic acids is 2. The van der Waals surface area contributed by atoms with Crippen molar-refractivity contribution in [2.24, 2.45) is 0 Å². The van der Waals surface area contributed by atoms with E-state index in [0.29, 0.717) is 31.6 Å². The molecular weight excluding hydrogens is 658 g/mol. The fourth-order valence-corrected chi connectivity index (χ4v) is 7.94. The topological polar surface area (TPSA) is 135 Å². The number of likely N-dealkylation sites (N-methyl/N-ethyl adjacent to an activating group) is 1. The summed E-state index contributed by atoms with van der Waals surface area (Å²) in [5, 5.41) is 15.1. The van der Waals surface area contributed by atoms with Gasteiger partial charge in [-0.15, -0.1) is 0 Å². The molecule has 0 saturated heterocycles. The third-order valence-electron chi connectivity index (χ3n) is 9.21. The Kier molecular flexibility index (Phi) is 13.9. The number of methoxy groups -OCH3 is 1. The molecule has 0 saturated carbocycles. The van der Waals surface area contributed by atoms with Gasteiger partial charge in [-0.2, -0.15) is 4.31 Å². The zero-order chi connectivity index (χ0) is 36.5. The van der Waals surface area contributed by atoms with E-state index in [4.69, 9.17) is 14.2 Å². The van der Waals surface area contributed by atoms with E-state index >= 15 is 0 Å². The molecule has 2 N–H and O–H groups in total. The fraction of sp³-hybridized carbons (Fsp3) is 0.579. The molecule has 0 bridgehead atoms. The van der Waals surface area contributed by atoms with Crippen LogP contribution in [-0.2, 0) is 37.1 Å². The molecule has 4 rings (SSSR count). The van der Waals surface area contributed by atoms with Gasteiger partial charge in [0, 0.05) is 13.5 Å². The lowest BCUT2D eigenvalue weighted by Gasteiger charge is -2.38. The van der Waals surface area contributed by atoms with Gasteiger partial charge in [0.15, 0.2) is 0 Å². The van der Waals surface area contributed by atoms with Gasteiger partial charge in [-0.05, 0) is 75.3 Å². The molecule has 0 unspecified atom stereocenters. The molecule has 2 aromatic carbocycles. The first-order valence-corrected chi connectivity index (χ1v) is 19.3. The highest BCUT2D eigenvalue weighted by atomic mass is 32.2. The number of benzene rings is 2. The van der Waals surface area contributed by atoms with E-state index in [-0.39, 0.29) is 25.1 Å². The van der Waals surface area contributed by atoms with E-state index < -0.39 is 58.0 Å². The number of hydrogen-bond donors (Lipinski definition) is 2.